The van der Waals surface area contributed by atoms with Gasteiger partial charge in [0.15, 0.2) is 0 Å². The van der Waals surface area contributed by atoms with Crippen molar-refractivity contribution < 1.29 is 9.32 Å². The number of fused-ring (bicyclic) bond motifs is 2. The van der Waals surface area contributed by atoms with E-state index in [9.17, 15) is 4.79 Å². The van der Waals surface area contributed by atoms with Crippen LogP contribution in [0.2, 0.25) is 0 Å². The minimum atomic E-state index is -0.318. The Hall–Kier alpha value is -4.12. The van der Waals surface area contributed by atoms with Gasteiger partial charge in [-0.2, -0.15) is 10.1 Å². The molecule has 208 valence electrons. The highest BCUT2D eigenvalue weighted by Crippen LogP contribution is 2.32. The number of carbonyl (C=O) groups is 1. The molecule has 1 aliphatic heterocycles. The second-order valence-electron chi connectivity index (χ2n) is 11.7. The molecule has 2 N–H and O–H groups in total. The predicted molar refractivity (Wildman–Crippen MR) is 150 cm³/mol. The SMILES string of the molecule is CN1CCn2ncc(Nc3nccc(-c4ccc5c(c4)CCCC[C@H]5NC(=O)c4noc(C(C)(C)C)n4)n3)c2C1. The number of rotatable bonds is 5. The third kappa shape index (κ3) is 5.33. The molecule has 4 aromatic rings. The number of nitrogens with zero attached hydrogens (tertiary/aromatic N) is 7. The van der Waals surface area contributed by atoms with Gasteiger partial charge in [0.1, 0.15) is 0 Å². The average molecular weight is 542 g/mol. The Bertz CT molecular complexity index is 1530. The van der Waals surface area contributed by atoms with Crippen LogP contribution in [0.25, 0.3) is 11.3 Å². The van der Waals surface area contributed by atoms with E-state index in [1.165, 1.54) is 5.56 Å². The number of carbonyl (C=O) groups excluding carboxylic acids is 1. The summed E-state index contributed by atoms with van der Waals surface area (Å²) in [5.41, 5.74) is 5.94. The third-order valence-corrected chi connectivity index (χ3v) is 7.54. The fourth-order valence-corrected chi connectivity index (χ4v) is 5.31. The topological polar surface area (TPSA) is 127 Å². The number of benzene rings is 1. The summed E-state index contributed by atoms with van der Waals surface area (Å²) in [6.07, 6.45) is 7.49. The summed E-state index contributed by atoms with van der Waals surface area (Å²) in [6, 6.07) is 8.17. The van der Waals surface area contributed by atoms with E-state index in [1.807, 2.05) is 37.7 Å². The average Bonchev–Trinajstić information content (AvgIpc) is 3.54. The molecule has 11 nitrogen and oxygen atoms in total. The van der Waals surface area contributed by atoms with Gasteiger partial charge in [-0.05, 0) is 49.6 Å². The molecule has 1 atom stereocenters. The lowest BCUT2D eigenvalue weighted by Crippen LogP contribution is -2.30. The van der Waals surface area contributed by atoms with Crippen LogP contribution in [0.5, 0.6) is 0 Å². The van der Waals surface area contributed by atoms with Gasteiger partial charge in [0.2, 0.25) is 11.8 Å². The predicted octanol–water partition coefficient (Wildman–Crippen LogP) is 4.41. The van der Waals surface area contributed by atoms with Crippen molar-refractivity contribution >= 4 is 17.5 Å². The van der Waals surface area contributed by atoms with Crippen LogP contribution in [0.4, 0.5) is 11.6 Å². The zero-order valence-electron chi connectivity index (χ0n) is 23.4. The fourth-order valence-electron chi connectivity index (χ4n) is 5.31. The van der Waals surface area contributed by atoms with Crippen molar-refractivity contribution in [2.45, 2.75) is 71.0 Å². The van der Waals surface area contributed by atoms with Gasteiger partial charge in [0, 0.05) is 30.3 Å². The molecular weight excluding hydrogens is 506 g/mol. The Labute approximate surface area is 233 Å². The lowest BCUT2D eigenvalue weighted by Gasteiger charge is -2.24. The summed E-state index contributed by atoms with van der Waals surface area (Å²) in [7, 11) is 2.11. The summed E-state index contributed by atoms with van der Waals surface area (Å²) < 4.78 is 7.36. The Morgan fingerprint density at radius 3 is 2.83 bits per heavy atom. The van der Waals surface area contributed by atoms with E-state index < -0.39 is 0 Å². The van der Waals surface area contributed by atoms with Crippen LogP contribution in [-0.2, 0) is 24.9 Å². The van der Waals surface area contributed by atoms with Gasteiger partial charge in [0.25, 0.3) is 11.7 Å². The van der Waals surface area contributed by atoms with E-state index in [0.717, 1.165) is 73.5 Å². The maximum Gasteiger partial charge on any atom is 0.293 e. The number of likely N-dealkylation sites (N-methyl/N-ethyl adjacent to an activating group) is 1. The van der Waals surface area contributed by atoms with Gasteiger partial charge in [-0.15, -0.1) is 0 Å². The normalized spacial score (nSPS) is 17.6. The molecule has 0 saturated heterocycles. The first-order chi connectivity index (χ1) is 19.2. The van der Waals surface area contributed by atoms with Crippen molar-refractivity contribution in [1.82, 2.24) is 40.1 Å². The zero-order chi connectivity index (χ0) is 27.9. The Morgan fingerprint density at radius 1 is 1.12 bits per heavy atom. The first-order valence-electron chi connectivity index (χ1n) is 13.9. The van der Waals surface area contributed by atoms with Gasteiger partial charge < -0.3 is 15.2 Å². The first kappa shape index (κ1) is 26.1. The summed E-state index contributed by atoms with van der Waals surface area (Å²) >= 11 is 0. The number of amides is 1. The maximum atomic E-state index is 13.0. The van der Waals surface area contributed by atoms with Crippen LogP contribution in [0, 0.1) is 0 Å². The van der Waals surface area contributed by atoms with Gasteiger partial charge in [-0.3, -0.25) is 14.4 Å². The molecule has 0 bridgehead atoms. The van der Waals surface area contributed by atoms with Crippen molar-refractivity contribution in [2.75, 3.05) is 18.9 Å². The Kier molecular flexibility index (Phi) is 6.83. The first-order valence-corrected chi connectivity index (χ1v) is 13.9. The molecule has 1 amide bonds. The lowest BCUT2D eigenvalue weighted by atomic mass is 9.95. The van der Waals surface area contributed by atoms with Gasteiger partial charge in [-0.25, -0.2) is 9.97 Å². The van der Waals surface area contributed by atoms with Crippen LogP contribution in [0.3, 0.4) is 0 Å². The van der Waals surface area contributed by atoms with Gasteiger partial charge in [0.05, 0.1) is 35.9 Å². The summed E-state index contributed by atoms with van der Waals surface area (Å²) in [4.78, 5) is 28.9. The lowest BCUT2D eigenvalue weighted by molar-refractivity contribution is 0.0921. The molecule has 0 saturated carbocycles. The van der Waals surface area contributed by atoms with E-state index >= 15 is 0 Å². The molecule has 11 heteroatoms. The number of nitrogens with one attached hydrogen (secondary N) is 2. The number of aromatic nitrogens is 6. The van der Waals surface area contributed by atoms with E-state index in [1.54, 1.807) is 6.20 Å². The highest BCUT2D eigenvalue weighted by atomic mass is 16.5. The van der Waals surface area contributed by atoms with Crippen molar-refractivity contribution in [3.8, 4) is 11.3 Å². The van der Waals surface area contributed by atoms with Crippen molar-refractivity contribution in [2.24, 2.45) is 0 Å². The molecule has 40 heavy (non-hydrogen) atoms. The van der Waals surface area contributed by atoms with Crippen LogP contribution in [0.15, 0.2) is 41.2 Å². The molecule has 3 aromatic heterocycles. The molecule has 4 heterocycles. The van der Waals surface area contributed by atoms with Crippen LogP contribution in [-0.4, -0.2) is 54.3 Å². The number of anilines is 2. The maximum absolute atomic E-state index is 13.0. The second kappa shape index (κ2) is 10.5. The smallest absolute Gasteiger partial charge is 0.293 e. The Morgan fingerprint density at radius 2 is 2.00 bits per heavy atom. The molecule has 2 aliphatic rings. The van der Waals surface area contributed by atoms with Crippen molar-refractivity contribution in [3.63, 3.8) is 0 Å². The summed E-state index contributed by atoms with van der Waals surface area (Å²) in [5, 5.41) is 14.9. The van der Waals surface area contributed by atoms with Crippen LogP contribution < -0.4 is 10.6 Å². The highest BCUT2D eigenvalue weighted by molar-refractivity contribution is 5.90. The third-order valence-electron chi connectivity index (χ3n) is 7.54. The molecular formula is C29H35N9O2. The van der Waals surface area contributed by atoms with E-state index in [0.29, 0.717) is 11.8 Å². The van der Waals surface area contributed by atoms with Crippen molar-refractivity contribution in [3.05, 3.63) is 65.2 Å². The fraction of sp³-hybridized carbons (Fsp3) is 0.448. The molecule has 6 rings (SSSR count). The molecule has 0 unspecified atom stereocenters. The van der Waals surface area contributed by atoms with Gasteiger partial charge >= 0.3 is 0 Å². The monoisotopic (exact) mass is 541 g/mol. The largest absolute Gasteiger partial charge is 0.342 e. The minimum Gasteiger partial charge on any atom is -0.342 e. The van der Waals surface area contributed by atoms with Crippen LogP contribution in [0.1, 0.15) is 79.4 Å². The molecule has 0 spiro atoms. The van der Waals surface area contributed by atoms with E-state index in [-0.39, 0.29) is 23.2 Å². The summed E-state index contributed by atoms with van der Waals surface area (Å²) in [5.74, 6) is 0.736. The standard InChI is InChI=1S/C29H35N9O2/c1-29(2,3)27-35-25(36-40-27)26(39)32-22-8-6-5-7-18-15-19(9-10-20(18)22)21-11-12-30-28(33-21)34-23-16-31-38-14-13-37(4)17-24(23)38/h9-12,15-16,22H,5-8,13-14,17H2,1-4H3,(H,32,39)(H,30,33,34)/t22-/m1/s1. The van der Waals surface area contributed by atoms with Gasteiger partial charge in [-0.1, -0.05) is 44.5 Å². The molecule has 1 aromatic carbocycles. The van der Waals surface area contributed by atoms with Crippen LogP contribution >= 0.6 is 0 Å². The Balaban J connectivity index is 1.21. The van der Waals surface area contributed by atoms with E-state index in [2.05, 4.69) is 61.0 Å². The molecule has 0 radical (unpaired) electrons. The minimum absolute atomic E-state index is 0.0692. The number of aryl methyl sites for hydroxylation is 1. The van der Waals surface area contributed by atoms with Crippen molar-refractivity contribution in [1.29, 1.82) is 0 Å². The highest BCUT2D eigenvalue weighted by Gasteiger charge is 2.27. The quantitative estimate of drug-likeness (QED) is 0.353. The number of hydrogen-bond donors (Lipinski definition) is 2. The second-order valence-corrected chi connectivity index (χ2v) is 11.7. The zero-order valence-corrected chi connectivity index (χ0v) is 23.4. The summed E-state index contributed by atoms with van der Waals surface area (Å²) in [6.45, 7) is 8.61. The van der Waals surface area contributed by atoms with E-state index in [4.69, 9.17) is 9.51 Å². The number of hydrogen-bond acceptors (Lipinski definition) is 9. The molecule has 0 fully saturated rings. The molecule has 1 aliphatic carbocycles.